The molecule has 1 atom stereocenters. The molecule has 2 aliphatic rings. The molecule has 2 aliphatic heterocycles. The number of hydrogen-bond acceptors (Lipinski definition) is 4. The van der Waals surface area contributed by atoms with E-state index in [0.717, 1.165) is 19.6 Å². The fourth-order valence-electron chi connectivity index (χ4n) is 2.20. The molecule has 2 saturated heterocycles. The van der Waals surface area contributed by atoms with Gasteiger partial charge < -0.3 is 4.90 Å². The molecule has 2 fully saturated rings. The molecule has 94 valence electrons. The number of carbonyl (C=O) groups is 2. The maximum absolute atomic E-state index is 10.9. The van der Waals surface area contributed by atoms with E-state index in [1.165, 1.54) is 19.3 Å². The summed E-state index contributed by atoms with van der Waals surface area (Å²) in [5.74, 6) is -0.979. The Morgan fingerprint density at radius 2 is 1.76 bits per heavy atom. The number of rotatable bonds is 3. The Balaban J connectivity index is 1.84. The molecular formula is C11H18N4O2. The molecule has 2 amide bonds. The van der Waals surface area contributed by atoms with E-state index in [2.05, 4.69) is 20.5 Å². The largest absolute Gasteiger partial charge is 0.316 e. The summed E-state index contributed by atoms with van der Waals surface area (Å²) in [4.78, 5) is 28.5. The second kappa shape index (κ2) is 5.27. The molecule has 17 heavy (non-hydrogen) atoms. The van der Waals surface area contributed by atoms with Gasteiger partial charge in [-0.25, -0.2) is 4.99 Å². The average molecular weight is 238 g/mol. The average Bonchev–Trinajstić information content (AvgIpc) is 2.59. The molecule has 0 radical (unpaired) electrons. The third-order valence-electron chi connectivity index (χ3n) is 2.99. The SMILES string of the molecule is CC(CN1CCCCC1)N=C1NC(=O)C(=O)N1. The summed E-state index contributed by atoms with van der Waals surface area (Å²) in [5, 5.41) is 4.81. The van der Waals surface area contributed by atoms with E-state index in [-0.39, 0.29) is 12.0 Å². The fourth-order valence-corrected chi connectivity index (χ4v) is 2.20. The molecule has 6 nitrogen and oxygen atoms in total. The van der Waals surface area contributed by atoms with Crippen LogP contribution < -0.4 is 10.6 Å². The Morgan fingerprint density at radius 1 is 1.18 bits per heavy atom. The first-order valence-corrected chi connectivity index (χ1v) is 6.07. The van der Waals surface area contributed by atoms with Crippen molar-refractivity contribution in [3.05, 3.63) is 0 Å². The molecule has 2 rings (SSSR count). The van der Waals surface area contributed by atoms with E-state index in [1.54, 1.807) is 0 Å². The van der Waals surface area contributed by atoms with E-state index >= 15 is 0 Å². The molecule has 0 bridgehead atoms. The highest BCUT2D eigenvalue weighted by atomic mass is 16.2. The quantitative estimate of drug-likeness (QED) is 0.649. The van der Waals surface area contributed by atoms with E-state index in [9.17, 15) is 9.59 Å². The van der Waals surface area contributed by atoms with Crippen LogP contribution in [0.25, 0.3) is 0 Å². The number of amides is 2. The second-order valence-corrected chi connectivity index (χ2v) is 4.60. The van der Waals surface area contributed by atoms with Gasteiger partial charge in [-0.1, -0.05) is 6.42 Å². The van der Waals surface area contributed by atoms with Crippen LogP contribution in [0.1, 0.15) is 26.2 Å². The lowest BCUT2D eigenvalue weighted by Crippen LogP contribution is -2.36. The number of nitrogens with zero attached hydrogens (tertiary/aromatic N) is 2. The van der Waals surface area contributed by atoms with Gasteiger partial charge in [0.15, 0.2) is 0 Å². The summed E-state index contributed by atoms with van der Waals surface area (Å²) in [5.41, 5.74) is 0. The van der Waals surface area contributed by atoms with Crippen molar-refractivity contribution in [3.63, 3.8) is 0 Å². The van der Waals surface area contributed by atoms with Crippen molar-refractivity contribution in [2.24, 2.45) is 4.99 Å². The van der Waals surface area contributed by atoms with Crippen LogP contribution in [0.15, 0.2) is 4.99 Å². The highest BCUT2D eigenvalue weighted by Crippen LogP contribution is 2.09. The molecule has 0 aromatic heterocycles. The first kappa shape index (κ1) is 12.0. The fraction of sp³-hybridized carbons (Fsp3) is 0.727. The summed E-state index contributed by atoms with van der Waals surface area (Å²) in [6, 6.07) is 0.0711. The zero-order valence-corrected chi connectivity index (χ0v) is 10.0. The van der Waals surface area contributed by atoms with Crippen LogP contribution in [-0.2, 0) is 9.59 Å². The molecule has 2 N–H and O–H groups in total. The van der Waals surface area contributed by atoms with Gasteiger partial charge in [-0.05, 0) is 32.9 Å². The molecule has 0 spiro atoms. The van der Waals surface area contributed by atoms with Crippen LogP contribution >= 0.6 is 0 Å². The lowest BCUT2D eigenvalue weighted by atomic mass is 10.1. The molecule has 6 heteroatoms. The van der Waals surface area contributed by atoms with Crippen molar-refractivity contribution >= 4 is 17.8 Å². The zero-order valence-electron chi connectivity index (χ0n) is 10.0. The van der Waals surface area contributed by atoms with Gasteiger partial charge in [0.1, 0.15) is 0 Å². The first-order valence-electron chi connectivity index (χ1n) is 6.07. The second-order valence-electron chi connectivity index (χ2n) is 4.60. The molecular weight excluding hydrogens is 220 g/mol. The number of nitrogens with one attached hydrogen (secondary N) is 2. The van der Waals surface area contributed by atoms with Crippen molar-refractivity contribution in [3.8, 4) is 0 Å². The normalized spacial score (nSPS) is 23.2. The third kappa shape index (κ3) is 3.26. The summed E-state index contributed by atoms with van der Waals surface area (Å²) in [6.45, 7) is 5.09. The number of hydrogen-bond donors (Lipinski definition) is 2. The maximum atomic E-state index is 10.9. The minimum atomic E-state index is -0.631. The smallest absolute Gasteiger partial charge is 0.301 e. The monoisotopic (exact) mass is 238 g/mol. The van der Waals surface area contributed by atoms with Gasteiger partial charge in [-0.2, -0.15) is 0 Å². The van der Waals surface area contributed by atoms with E-state index in [4.69, 9.17) is 0 Å². The highest BCUT2D eigenvalue weighted by molar-refractivity contribution is 6.45. The summed E-state index contributed by atoms with van der Waals surface area (Å²) in [6.07, 6.45) is 3.80. The van der Waals surface area contributed by atoms with Gasteiger partial charge in [-0.3, -0.25) is 20.2 Å². The predicted molar refractivity (Wildman–Crippen MR) is 63.5 cm³/mol. The maximum Gasteiger partial charge on any atom is 0.316 e. The van der Waals surface area contributed by atoms with Crippen molar-refractivity contribution < 1.29 is 9.59 Å². The Bertz CT molecular complexity index is 329. The summed E-state index contributed by atoms with van der Waals surface area (Å²) in [7, 11) is 0. The standard InChI is InChI=1S/C11H18N4O2/c1-8(7-15-5-3-2-4-6-15)12-11-13-9(16)10(17)14-11/h8H,2-7H2,1H3,(H2,12,13,14,16,17). The summed E-state index contributed by atoms with van der Waals surface area (Å²) >= 11 is 0. The van der Waals surface area contributed by atoms with Crippen LogP contribution in [0.2, 0.25) is 0 Å². The van der Waals surface area contributed by atoms with Crippen molar-refractivity contribution in [1.82, 2.24) is 15.5 Å². The van der Waals surface area contributed by atoms with Gasteiger partial charge in [-0.15, -0.1) is 0 Å². The topological polar surface area (TPSA) is 73.8 Å². The van der Waals surface area contributed by atoms with Gasteiger partial charge >= 0.3 is 11.8 Å². The van der Waals surface area contributed by atoms with Gasteiger partial charge in [0, 0.05) is 6.54 Å². The number of guanidine groups is 1. The number of carbonyl (C=O) groups excluding carboxylic acids is 2. The Labute approximate surface area is 100 Å². The van der Waals surface area contributed by atoms with Crippen molar-refractivity contribution in [1.29, 1.82) is 0 Å². The Morgan fingerprint density at radius 3 is 2.35 bits per heavy atom. The van der Waals surface area contributed by atoms with E-state index in [0.29, 0.717) is 0 Å². The Hall–Kier alpha value is -1.43. The molecule has 2 heterocycles. The highest BCUT2D eigenvalue weighted by Gasteiger charge is 2.25. The van der Waals surface area contributed by atoms with Crippen LogP contribution in [-0.4, -0.2) is 48.3 Å². The molecule has 0 aliphatic carbocycles. The molecule has 1 unspecified atom stereocenters. The minimum absolute atomic E-state index is 0.0711. The van der Waals surface area contributed by atoms with Crippen molar-refractivity contribution in [2.45, 2.75) is 32.2 Å². The molecule has 0 aromatic carbocycles. The van der Waals surface area contributed by atoms with E-state index < -0.39 is 11.8 Å². The van der Waals surface area contributed by atoms with Gasteiger partial charge in [0.25, 0.3) is 0 Å². The third-order valence-corrected chi connectivity index (χ3v) is 2.99. The minimum Gasteiger partial charge on any atom is -0.301 e. The van der Waals surface area contributed by atoms with E-state index in [1.807, 2.05) is 6.92 Å². The lowest BCUT2D eigenvalue weighted by Gasteiger charge is -2.27. The van der Waals surface area contributed by atoms with Crippen molar-refractivity contribution in [2.75, 3.05) is 19.6 Å². The predicted octanol–water partition coefficient (Wildman–Crippen LogP) is -0.537. The zero-order chi connectivity index (χ0) is 12.3. The van der Waals surface area contributed by atoms with Crippen LogP contribution in [0, 0.1) is 0 Å². The molecule has 0 aromatic rings. The van der Waals surface area contributed by atoms with Gasteiger partial charge in [0.2, 0.25) is 5.96 Å². The lowest BCUT2D eigenvalue weighted by molar-refractivity contribution is -0.135. The number of likely N-dealkylation sites (tertiary alicyclic amines) is 1. The van der Waals surface area contributed by atoms with Crippen LogP contribution in [0.4, 0.5) is 0 Å². The number of aliphatic imine (C=N–C) groups is 1. The molecule has 0 saturated carbocycles. The van der Waals surface area contributed by atoms with Crippen LogP contribution in [0.5, 0.6) is 0 Å². The number of piperidine rings is 1. The Kier molecular flexibility index (Phi) is 3.73. The van der Waals surface area contributed by atoms with Crippen LogP contribution in [0.3, 0.4) is 0 Å². The van der Waals surface area contributed by atoms with Gasteiger partial charge in [0.05, 0.1) is 6.04 Å². The summed E-state index contributed by atoms with van der Waals surface area (Å²) < 4.78 is 0. The first-order chi connectivity index (χ1) is 8.15.